The van der Waals surface area contributed by atoms with Crippen molar-refractivity contribution >= 4 is 56.7 Å². The van der Waals surface area contributed by atoms with Crippen LogP contribution in [-0.4, -0.2) is 61.8 Å². The van der Waals surface area contributed by atoms with Crippen molar-refractivity contribution in [2.45, 2.75) is 25.7 Å². The number of aliphatic imine (C=N–C) groups is 1. The molecule has 0 saturated carbocycles. The number of aromatic hydroxyl groups is 2. The molecule has 17 heteroatoms. The number of aromatic amines is 1. The number of H-pyrrole nitrogens is 1. The van der Waals surface area contributed by atoms with Gasteiger partial charge in [0.05, 0.1) is 27.4 Å². The van der Waals surface area contributed by atoms with Crippen LogP contribution in [0.5, 0.6) is 11.6 Å². The van der Waals surface area contributed by atoms with E-state index in [0.29, 0.717) is 64.8 Å². The monoisotopic (exact) mass is 893 g/mol. The maximum Gasteiger partial charge on any atom is 0.336 e. The highest BCUT2D eigenvalue weighted by atomic mass is 19.1. The summed E-state index contributed by atoms with van der Waals surface area (Å²) in [5.41, 5.74) is 1.07. The number of carbonyl (C=O) groups excluding carboxylic acids is 2. The number of carboxylic acids is 1. The molecule has 0 fully saturated rings. The van der Waals surface area contributed by atoms with Gasteiger partial charge in [-0.05, 0) is 73.0 Å². The Morgan fingerprint density at radius 1 is 0.727 bits per heavy atom. The average Bonchev–Trinajstić information content (AvgIpc) is 3.64. The smallest absolute Gasteiger partial charge is 0.336 e. The lowest BCUT2D eigenvalue weighted by atomic mass is 9.89. The summed E-state index contributed by atoms with van der Waals surface area (Å²) in [6.45, 7) is 0.656. The molecule has 5 aromatic carbocycles. The lowest BCUT2D eigenvalue weighted by molar-refractivity contribution is -0.384. The van der Waals surface area contributed by atoms with Crippen LogP contribution >= 0.6 is 0 Å². The van der Waals surface area contributed by atoms with Crippen molar-refractivity contribution in [1.82, 2.24) is 15.6 Å². The summed E-state index contributed by atoms with van der Waals surface area (Å²) < 4.78 is 34.8. The number of amides is 2. The van der Waals surface area contributed by atoms with Gasteiger partial charge in [0.25, 0.3) is 17.5 Å². The van der Waals surface area contributed by atoms with E-state index in [0.717, 1.165) is 36.8 Å². The number of nitro benzene ring substituents is 1. The van der Waals surface area contributed by atoms with Crippen LogP contribution in [0.4, 0.5) is 20.2 Å². The number of unbranched alkanes of at least 4 members (excludes halogenated alkanes) is 3. The molecule has 2 aliphatic rings. The van der Waals surface area contributed by atoms with Crippen LogP contribution in [-0.2, 0) is 0 Å². The van der Waals surface area contributed by atoms with E-state index >= 15 is 0 Å². The van der Waals surface area contributed by atoms with E-state index < -0.39 is 39.6 Å². The molecule has 1 aliphatic heterocycles. The Kier molecular flexibility index (Phi) is 12.3. The minimum absolute atomic E-state index is 0.00540. The van der Waals surface area contributed by atoms with E-state index in [1.807, 2.05) is 6.07 Å². The highest BCUT2D eigenvalue weighted by molar-refractivity contribution is 6.22. The summed E-state index contributed by atoms with van der Waals surface area (Å²) in [4.78, 5) is 69.4. The van der Waals surface area contributed by atoms with Crippen LogP contribution in [0, 0.1) is 21.7 Å². The Labute approximate surface area is 372 Å². The molecule has 6 N–H and O–H groups in total. The van der Waals surface area contributed by atoms with E-state index in [1.165, 1.54) is 30.3 Å². The Morgan fingerprint density at radius 3 is 2.09 bits per heavy atom. The number of carboxylic acid groups (broad SMARTS) is 1. The van der Waals surface area contributed by atoms with Crippen molar-refractivity contribution in [2.75, 3.05) is 13.1 Å². The van der Waals surface area contributed by atoms with E-state index in [1.54, 1.807) is 48.5 Å². The van der Waals surface area contributed by atoms with Gasteiger partial charge in [0.2, 0.25) is 5.43 Å². The quantitative estimate of drug-likeness (QED) is 0.0187. The number of non-ortho nitro benzene ring substituents is 1. The number of fused-ring (bicyclic) bond motifs is 3. The molecule has 332 valence electrons. The molecule has 0 unspecified atom stereocenters. The molecule has 66 heavy (non-hydrogen) atoms. The number of phenols is 1. The molecule has 2 heterocycles. The van der Waals surface area contributed by atoms with Crippen molar-refractivity contribution in [2.24, 2.45) is 4.99 Å². The van der Waals surface area contributed by atoms with Crippen molar-refractivity contribution < 1.29 is 47.8 Å². The topological polar surface area (TPSA) is 237 Å². The first-order chi connectivity index (χ1) is 31.8. The molecule has 0 radical (unpaired) electrons. The maximum absolute atomic E-state index is 14.6. The second kappa shape index (κ2) is 18.5. The van der Waals surface area contributed by atoms with Crippen molar-refractivity contribution in [3.05, 3.63) is 175 Å². The Morgan fingerprint density at radius 2 is 1.41 bits per heavy atom. The fraction of sp³-hybridized carbons (Fsp3) is 0.122. The summed E-state index contributed by atoms with van der Waals surface area (Å²) >= 11 is 0. The van der Waals surface area contributed by atoms with Crippen LogP contribution < -0.4 is 16.1 Å². The molecule has 1 aromatic heterocycles. The third-order valence-electron chi connectivity index (χ3n) is 10.9. The summed E-state index contributed by atoms with van der Waals surface area (Å²) in [5, 5.41) is 48.7. The summed E-state index contributed by atoms with van der Waals surface area (Å²) in [7, 11) is 0. The van der Waals surface area contributed by atoms with Gasteiger partial charge >= 0.3 is 5.97 Å². The number of phenolic OH excluding ortho intramolecular Hbond substituents is 1. The number of aromatic nitrogens is 1. The highest BCUT2D eigenvalue weighted by Crippen LogP contribution is 2.43. The molecule has 8 rings (SSSR count). The molecular formula is C49H37F2N5O10. The minimum Gasteiger partial charge on any atom is -0.505 e. The first-order valence-corrected chi connectivity index (χ1v) is 20.5. The zero-order valence-corrected chi connectivity index (χ0v) is 34.6. The van der Waals surface area contributed by atoms with Gasteiger partial charge in [0.1, 0.15) is 11.3 Å². The fourth-order valence-electron chi connectivity index (χ4n) is 7.68. The standard InChI is InChI=1S/C49H37F2N5O10/c50-36-22-34-41(24-39(36)57)66-42-25-40(58)37(51)23-35(42)43(34)31-16-12-28(20-32(31)49(62)63)47(60)53-19-7-2-1-6-18-52-46(59)27-10-13-29(14-11-27)54-45(26-8-4-3-5-9-26)44-33-21-30(56(64)65)15-17-38(33)55-48(44)61/h3-5,8-17,20-25,55,57,61H,1-2,6-7,18-19H2,(H,52,59)(H,53,60)(H,62,63). The van der Waals surface area contributed by atoms with E-state index in [9.17, 15) is 53.4 Å². The predicted molar refractivity (Wildman–Crippen MR) is 241 cm³/mol. The second-order valence-corrected chi connectivity index (χ2v) is 15.3. The van der Waals surface area contributed by atoms with Crippen LogP contribution in [0.1, 0.15) is 67.9 Å². The third-order valence-corrected chi connectivity index (χ3v) is 10.9. The van der Waals surface area contributed by atoms with Crippen molar-refractivity contribution in [1.29, 1.82) is 0 Å². The molecule has 15 nitrogen and oxygen atoms in total. The number of rotatable bonds is 15. The molecule has 0 saturated heterocycles. The number of aromatic carboxylic acids is 1. The Balaban J connectivity index is 0.857. The number of halogens is 2. The number of nitrogens with zero attached hydrogens (tertiary/aromatic N) is 2. The highest BCUT2D eigenvalue weighted by Gasteiger charge is 2.26. The van der Waals surface area contributed by atoms with Gasteiger partial charge in [-0.25, -0.2) is 18.6 Å². The van der Waals surface area contributed by atoms with Crippen molar-refractivity contribution in [3.63, 3.8) is 0 Å². The largest absolute Gasteiger partial charge is 0.505 e. The average molecular weight is 894 g/mol. The summed E-state index contributed by atoms with van der Waals surface area (Å²) in [6.07, 6.45) is 2.67. The number of carbonyl (C=O) groups is 3. The van der Waals surface area contributed by atoms with E-state index in [-0.39, 0.29) is 68.6 Å². The SMILES string of the molecule is O=C(NCCCCCCNC(=O)c1ccc(-c2c3cc(F)c(=O)cc-3oc3cc(O)c(F)cc23)c(C(=O)O)c1)c1ccc(N=C(c2ccccc2)c2c(O)[nH]c3ccc([N+](=O)[O-])cc23)cc1. The number of benzene rings is 6. The third kappa shape index (κ3) is 9.03. The number of nitro groups is 1. The Bertz CT molecular complexity index is 3280. The lowest BCUT2D eigenvalue weighted by Gasteiger charge is -2.17. The fourth-order valence-corrected chi connectivity index (χ4v) is 7.68. The van der Waals surface area contributed by atoms with Gasteiger partial charge in [-0.2, -0.15) is 0 Å². The normalized spacial score (nSPS) is 11.6. The van der Waals surface area contributed by atoms with Gasteiger partial charge in [-0.1, -0.05) is 49.2 Å². The summed E-state index contributed by atoms with van der Waals surface area (Å²) in [6, 6.07) is 27.3. The molecule has 0 spiro atoms. The first kappa shape index (κ1) is 43.9. The molecule has 0 atom stereocenters. The number of nitrogens with one attached hydrogen (secondary N) is 3. The van der Waals surface area contributed by atoms with Crippen LogP contribution in [0.3, 0.4) is 0 Å². The molecule has 6 aromatic rings. The van der Waals surface area contributed by atoms with Crippen LogP contribution in [0.25, 0.3) is 44.3 Å². The second-order valence-electron chi connectivity index (χ2n) is 15.3. The minimum atomic E-state index is -1.44. The Hall–Kier alpha value is -8.73. The predicted octanol–water partition coefficient (Wildman–Crippen LogP) is 9.23. The lowest BCUT2D eigenvalue weighted by Crippen LogP contribution is -2.25. The zero-order valence-electron chi connectivity index (χ0n) is 34.6. The van der Waals surface area contributed by atoms with Crippen LogP contribution in [0.15, 0.2) is 129 Å². The van der Waals surface area contributed by atoms with Gasteiger partial charge in [0.15, 0.2) is 23.3 Å². The van der Waals surface area contributed by atoms with E-state index in [4.69, 9.17) is 9.41 Å². The molecule has 0 bridgehead atoms. The molecule has 1 aliphatic carbocycles. The van der Waals surface area contributed by atoms with Gasteiger partial charge in [-0.15, -0.1) is 0 Å². The maximum atomic E-state index is 14.6. The van der Waals surface area contributed by atoms with Gasteiger partial charge in [0, 0.05) is 81.5 Å². The summed E-state index contributed by atoms with van der Waals surface area (Å²) in [5.74, 6) is -5.58. The number of hydrogen-bond donors (Lipinski definition) is 6. The molecule has 2 amide bonds. The zero-order chi connectivity index (χ0) is 46.6. The van der Waals surface area contributed by atoms with Crippen LogP contribution in [0.2, 0.25) is 0 Å². The van der Waals surface area contributed by atoms with Crippen molar-refractivity contribution in [3.8, 4) is 34.1 Å². The van der Waals surface area contributed by atoms with Gasteiger partial charge < -0.3 is 35.4 Å². The molecular weight excluding hydrogens is 857 g/mol. The van der Waals surface area contributed by atoms with E-state index in [2.05, 4.69) is 15.6 Å². The number of hydrogen-bond acceptors (Lipinski definition) is 10. The first-order valence-electron chi connectivity index (χ1n) is 20.5. The van der Waals surface area contributed by atoms with Gasteiger partial charge in [-0.3, -0.25) is 24.5 Å².